The van der Waals surface area contributed by atoms with E-state index in [0.29, 0.717) is 0 Å². The zero-order valence-electron chi connectivity index (χ0n) is 12.8. The molecule has 0 radical (unpaired) electrons. The molecule has 0 saturated heterocycles. The van der Waals surface area contributed by atoms with E-state index in [0.717, 1.165) is 5.56 Å². The molecule has 7 heteroatoms. The van der Waals surface area contributed by atoms with Crippen molar-refractivity contribution >= 4 is 18.0 Å². The van der Waals surface area contributed by atoms with Crippen LogP contribution in [0.3, 0.4) is 0 Å². The molecule has 0 aromatic heterocycles. The van der Waals surface area contributed by atoms with Gasteiger partial charge in [-0.2, -0.15) is 0 Å². The standard InChI is InChI=1S/C15H20N2O5/c1-10(13(18)16-11(2)14(19)21-3)17-15(20)22-9-12-7-5-4-6-8-12/h4-8,10-11H,9H2,1-3H3,(H,16,18)(H,17,20)/t10-,11+/m0/s1. The summed E-state index contributed by atoms with van der Waals surface area (Å²) >= 11 is 0. The maximum absolute atomic E-state index is 11.8. The first-order chi connectivity index (χ1) is 10.4. The molecule has 22 heavy (non-hydrogen) atoms. The zero-order valence-corrected chi connectivity index (χ0v) is 12.8. The molecule has 0 bridgehead atoms. The summed E-state index contributed by atoms with van der Waals surface area (Å²) in [6.45, 7) is 3.09. The molecule has 1 aromatic carbocycles. The van der Waals surface area contributed by atoms with E-state index < -0.39 is 30.1 Å². The predicted octanol–water partition coefficient (Wildman–Crippen LogP) is 0.979. The second-order valence-electron chi connectivity index (χ2n) is 4.68. The van der Waals surface area contributed by atoms with Crippen molar-refractivity contribution in [3.63, 3.8) is 0 Å². The number of nitrogens with one attached hydrogen (secondary N) is 2. The van der Waals surface area contributed by atoms with Gasteiger partial charge in [-0.3, -0.25) is 4.79 Å². The van der Waals surface area contributed by atoms with Gasteiger partial charge < -0.3 is 20.1 Å². The Morgan fingerprint density at radius 1 is 1.05 bits per heavy atom. The Labute approximate surface area is 129 Å². The minimum atomic E-state index is -0.838. The van der Waals surface area contributed by atoms with Crippen LogP contribution in [-0.4, -0.2) is 37.2 Å². The van der Waals surface area contributed by atoms with Crippen LogP contribution in [0.1, 0.15) is 19.4 Å². The van der Waals surface area contributed by atoms with Crippen molar-refractivity contribution in [2.24, 2.45) is 0 Å². The van der Waals surface area contributed by atoms with Crippen LogP contribution in [0, 0.1) is 0 Å². The lowest BCUT2D eigenvalue weighted by Gasteiger charge is -2.17. The predicted molar refractivity (Wildman–Crippen MR) is 78.8 cm³/mol. The third kappa shape index (κ3) is 5.82. The summed E-state index contributed by atoms with van der Waals surface area (Å²) in [4.78, 5) is 34.6. The SMILES string of the molecule is COC(=O)[C@@H](C)NC(=O)[C@H](C)NC(=O)OCc1ccccc1. The Morgan fingerprint density at radius 2 is 1.68 bits per heavy atom. The van der Waals surface area contributed by atoms with E-state index in [2.05, 4.69) is 15.4 Å². The van der Waals surface area contributed by atoms with Gasteiger partial charge in [0.15, 0.2) is 0 Å². The van der Waals surface area contributed by atoms with Crippen molar-refractivity contribution in [1.82, 2.24) is 10.6 Å². The number of alkyl carbamates (subject to hydrolysis) is 1. The lowest BCUT2D eigenvalue weighted by molar-refractivity contribution is -0.144. The highest BCUT2D eigenvalue weighted by molar-refractivity contribution is 5.89. The van der Waals surface area contributed by atoms with Crippen LogP contribution in [0.15, 0.2) is 30.3 Å². The van der Waals surface area contributed by atoms with E-state index in [9.17, 15) is 14.4 Å². The summed E-state index contributed by atoms with van der Waals surface area (Å²) in [5.41, 5.74) is 0.842. The van der Waals surface area contributed by atoms with Crippen LogP contribution in [0.5, 0.6) is 0 Å². The Balaban J connectivity index is 2.37. The molecule has 2 amide bonds. The third-order valence-electron chi connectivity index (χ3n) is 2.85. The van der Waals surface area contributed by atoms with Gasteiger partial charge in [0.1, 0.15) is 18.7 Å². The van der Waals surface area contributed by atoms with Gasteiger partial charge >= 0.3 is 12.1 Å². The fraction of sp³-hybridized carbons (Fsp3) is 0.400. The Kier molecular flexibility index (Phi) is 6.88. The summed E-state index contributed by atoms with van der Waals surface area (Å²) < 4.78 is 9.50. The fourth-order valence-electron chi connectivity index (χ4n) is 1.58. The molecular weight excluding hydrogens is 288 g/mol. The number of hydrogen-bond donors (Lipinski definition) is 2. The van der Waals surface area contributed by atoms with Gasteiger partial charge in [-0.25, -0.2) is 9.59 Å². The first-order valence-electron chi connectivity index (χ1n) is 6.79. The van der Waals surface area contributed by atoms with Crippen molar-refractivity contribution in [3.05, 3.63) is 35.9 Å². The van der Waals surface area contributed by atoms with Crippen LogP contribution in [0.2, 0.25) is 0 Å². The highest BCUT2D eigenvalue weighted by Gasteiger charge is 2.21. The first-order valence-corrected chi connectivity index (χ1v) is 6.79. The number of carbonyl (C=O) groups is 3. The van der Waals surface area contributed by atoms with E-state index in [1.165, 1.54) is 21.0 Å². The summed E-state index contributed by atoms with van der Waals surface area (Å²) in [5.74, 6) is -1.07. The maximum Gasteiger partial charge on any atom is 0.408 e. The van der Waals surface area contributed by atoms with E-state index in [1.54, 1.807) is 0 Å². The molecule has 0 saturated carbocycles. The molecule has 0 unspecified atom stereocenters. The number of ether oxygens (including phenoxy) is 2. The molecule has 1 rings (SSSR count). The molecule has 0 fully saturated rings. The fourth-order valence-corrected chi connectivity index (χ4v) is 1.58. The maximum atomic E-state index is 11.8. The molecule has 1 aromatic rings. The topological polar surface area (TPSA) is 93.7 Å². The van der Waals surface area contributed by atoms with Crippen LogP contribution < -0.4 is 10.6 Å². The molecular formula is C15H20N2O5. The van der Waals surface area contributed by atoms with E-state index >= 15 is 0 Å². The second kappa shape index (κ2) is 8.66. The van der Waals surface area contributed by atoms with Crippen molar-refractivity contribution in [2.75, 3.05) is 7.11 Å². The highest BCUT2D eigenvalue weighted by Crippen LogP contribution is 2.00. The van der Waals surface area contributed by atoms with Crippen LogP contribution in [0.25, 0.3) is 0 Å². The summed E-state index contributed by atoms with van der Waals surface area (Å²) in [6.07, 6.45) is -0.711. The number of esters is 1. The normalized spacial score (nSPS) is 12.7. The largest absolute Gasteiger partial charge is 0.467 e. The minimum absolute atomic E-state index is 0.111. The van der Waals surface area contributed by atoms with Gasteiger partial charge in [-0.1, -0.05) is 30.3 Å². The molecule has 0 aliphatic heterocycles. The minimum Gasteiger partial charge on any atom is -0.467 e. The smallest absolute Gasteiger partial charge is 0.408 e. The number of carbonyl (C=O) groups excluding carboxylic acids is 3. The molecule has 120 valence electrons. The quantitative estimate of drug-likeness (QED) is 0.764. The van der Waals surface area contributed by atoms with Crippen molar-refractivity contribution in [2.45, 2.75) is 32.5 Å². The van der Waals surface area contributed by atoms with Crippen molar-refractivity contribution in [3.8, 4) is 0 Å². The van der Waals surface area contributed by atoms with Crippen molar-refractivity contribution in [1.29, 1.82) is 0 Å². The lowest BCUT2D eigenvalue weighted by atomic mass is 10.2. The summed E-state index contributed by atoms with van der Waals surface area (Å²) in [5, 5.41) is 4.81. The molecule has 0 aliphatic carbocycles. The monoisotopic (exact) mass is 308 g/mol. The van der Waals surface area contributed by atoms with Gasteiger partial charge in [0.25, 0.3) is 0 Å². The summed E-state index contributed by atoms with van der Waals surface area (Å²) in [6, 6.07) is 7.54. The van der Waals surface area contributed by atoms with Crippen LogP contribution in [-0.2, 0) is 25.7 Å². The Bertz CT molecular complexity index is 518. The van der Waals surface area contributed by atoms with Gasteiger partial charge in [-0.05, 0) is 19.4 Å². The average Bonchev–Trinajstić information content (AvgIpc) is 2.52. The first kappa shape index (κ1) is 17.5. The highest BCUT2D eigenvalue weighted by atomic mass is 16.5. The number of benzene rings is 1. The summed E-state index contributed by atoms with van der Waals surface area (Å²) in [7, 11) is 1.23. The molecule has 2 N–H and O–H groups in total. The van der Waals surface area contributed by atoms with Gasteiger partial charge in [0.2, 0.25) is 5.91 Å². The van der Waals surface area contributed by atoms with Gasteiger partial charge in [0.05, 0.1) is 7.11 Å². The average molecular weight is 308 g/mol. The number of amides is 2. The molecule has 0 heterocycles. The number of rotatable bonds is 6. The van der Waals surface area contributed by atoms with Crippen LogP contribution in [0.4, 0.5) is 4.79 Å². The van der Waals surface area contributed by atoms with Crippen LogP contribution >= 0.6 is 0 Å². The second-order valence-corrected chi connectivity index (χ2v) is 4.68. The number of hydrogen-bond acceptors (Lipinski definition) is 5. The van der Waals surface area contributed by atoms with E-state index in [1.807, 2.05) is 30.3 Å². The molecule has 0 spiro atoms. The third-order valence-corrected chi connectivity index (χ3v) is 2.85. The molecule has 7 nitrogen and oxygen atoms in total. The molecule has 0 aliphatic rings. The lowest BCUT2D eigenvalue weighted by Crippen LogP contribution is -2.49. The van der Waals surface area contributed by atoms with Crippen molar-refractivity contribution < 1.29 is 23.9 Å². The Morgan fingerprint density at radius 3 is 2.27 bits per heavy atom. The van der Waals surface area contributed by atoms with Gasteiger partial charge in [0, 0.05) is 0 Å². The number of methoxy groups -OCH3 is 1. The van der Waals surface area contributed by atoms with Gasteiger partial charge in [-0.15, -0.1) is 0 Å². The Hall–Kier alpha value is -2.57. The van der Waals surface area contributed by atoms with E-state index in [-0.39, 0.29) is 6.61 Å². The molecule has 2 atom stereocenters. The zero-order chi connectivity index (χ0) is 16.5. The van der Waals surface area contributed by atoms with E-state index in [4.69, 9.17) is 4.74 Å².